The summed E-state index contributed by atoms with van der Waals surface area (Å²) in [7, 11) is 1.55. The molecule has 2 aromatic carbocycles. The zero-order valence-corrected chi connectivity index (χ0v) is 18.5. The Bertz CT molecular complexity index is 1040. The minimum atomic E-state index is -0.165. The van der Waals surface area contributed by atoms with Crippen molar-refractivity contribution in [3.63, 3.8) is 0 Å². The lowest BCUT2D eigenvalue weighted by atomic mass is 10.3. The fourth-order valence-corrected chi connectivity index (χ4v) is 4.20. The van der Waals surface area contributed by atoms with Gasteiger partial charge in [-0.25, -0.2) is 0 Å². The topological polar surface area (TPSA) is 81.5 Å². The molecular formula is C21H22ClN5O3S. The molecule has 0 bridgehead atoms. The lowest BCUT2D eigenvalue weighted by Crippen LogP contribution is -2.37. The second-order valence-corrected chi connectivity index (χ2v) is 8.09. The summed E-state index contributed by atoms with van der Waals surface area (Å²) < 4.78 is 12.6. The number of carbonyl (C=O) groups excluding carboxylic acids is 1. The zero-order valence-electron chi connectivity index (χ0n) is 17.0. The number of para-hydroxylation sites is 1. The molecule has 0 saturated carbocycles. The highest BCUT2D eigenvalue weighted by molar-refractivity contribution is 7.99. The van der Waals surface area contributed by atoms with Gasteiger partial charge in [-0.15, -0.1) is 10.2 Å². The predicted octanol–water partition coefficient (Wildman–Crippen LogP) is 3.50. The van der Waals surface area contributed by atoms with E-state index in [1.54, 1.807) is 25.3 Å². The molecule has 2 heterocycles. The lowest BCUT2D eigenvalue weighted by molar-refractivity contribution is -0.113. The van der Waals surface area contributed by atoms with E-state index >= 15 is 0 Å². The van der Waals surface area contributed by atoms with Crippen LogP contribution in [0.2, 0.25) is 5.02 Å². The number of aromatic nitrogens is 3. The van der Waals surface area contributed by atoms with Crippen LogP contribution in [0.3, 0.4) is 0 Å². The molecule has 3 aromatic rings. The summed E-state index contributed by atoms with van der Waals surface area (Å²) in [4.78, 5) is 14.7. The molecule has 162 valence electrons. The number of morpholine rings is 1. The van der Waals surface area contributed by atoms with Gasteiger partial charge in [0.05, 0.1) is 36.8 Å². The molecule has 1 saturated heterocycles. The molecule has 0 spiro atoms. The number of methoxy groups -OCH3 is 1. The molecule has 1 fully saturated rings. The van der Waals surface area contributed by atoms with Gasteiger partial charge in [0.25, 0.3) is 0 Å². The van der Waals surface area contributed by atoms with E-state index in [1.807, 2.05) is 34.9 Å². The van der Waals surface area contributed by atoms with Crippen molar-refractivity contribution >= 4 is 40.9 Å². The summed E-state index contributed by atoms with van der Waals surface area (Å²) in [6.45, 7) is 2.79. The van der Waals surface area contributed by atoms with E-state index in [1.165, 1.54) is 11.8 Å². The van der Waals surface area contributed by atoms with Crippen molar-refractivity contribution in [2.75, 3.05) is 49.4 Å². The lowest BCUT2D eigenvalue weighted by Gasteiger charge is -2.27. The third kappa shape index (κ3) is 5.12. The van der Waals surface area contributed by atoms with Crippen molar-refractivity contribution in [1.82, 2.24) is 14.8 Å². The highest BCUT2D eigenvalue weighted by atomic mass is 35.5. The molecule has 4 rings (SSSR count). The van der Waals surface area contributed by atoms with Crippen molar-refractivity contribution in [2.45, 2.75) is 5.16 Å². The molecule has 1 aromatic heterocycles. The molecule has 31 heavy (non-hydrogen) atoms. The van der Waals surface area contributed by atoms with Crippen LogP contribution in [-0.4, -0.2) is 59.8 Å². The van der Waals surface area contributed by atoms with Gasteiger partial charge in [-0.05, 0) is 30.3 Å². The Labute approximate surface area is 189 Å². The molecule has 10 heteroatoms. The molecule has 0 atom stereocenters. The molecule has 1 aliphatic rings. The van der Waals surface area contributed by atoms with E-state index in [2.05, 4.69) is 20.4 Å². The van der Waals surface area contributed by atoms with Gasteiger partial charge in [-0.1, -0.05) is 41.6 Å². The Balaban J connectivity index is 1.49. The van der Waals surface area contributed by atoms with Crippen molar-refractivity contribution in [3.05, 3.63) is 53.6 Å². The molecule has 0 radical (unpaired) electrons. The van der Waals surface area contributed by atoms with Gasteiger partial charge >= 0.3 is 0 Å². The minimum absolute atomic E-state index is 0.165. The minimum Gasteiger partial charge on any atom is -0.495 e. The number of nitrogens with zero attached hydrogens (tertiary/aromatic N) is 4. The molecule has 0 unspecified atom stereocenters. The fraction of sp³-hybridized carbons (Fsp3) is 0.286. The van der Waals surface area contributed by atoms with Gasteiger partial charge in [0.15, 0.2) is 5.16 Å². The number of thioether (sulfide) groups is 1. The largest absolute Gasteiger partial charge is 0.495 e. The van der Waals surface area contributed by atoms with Crippen LogP contribution in [0.1, 0.15) is 0 Å². The van der Waals surface area contributed by atoms with Gasteiger partial charge in [0.2, 0.25) is 11.9 Å². The maximum atomic E-state index is 12.5. The van der Waals surface area contributed by atoms with E-state index in [0.717, 1.165) is 24.7 Å². The van der Waals surface area contributed by atoms with Crippen LogP contribution in [0.5, 0.6) is 5.75 Å². The average Bonchev–Trinajstić information content (AvgIpc) is 3.23. The number of carbonyl (C=O) groups is 1. The van der Waals surface area contributed by atoms with Crippen LogP contribution in [-0.2, 0) is 9.53 Å². The maximum absolute atomic E-state index is 12.5. The van der Waals surface area contributed by atoms with Crippen LogP contribution >= 0.6 is 23.4 Å². The molecule has 0 aliphatic carbocycles. The number of hydrogen-bond acceptors (Lipinski definition) is 7. The van der Waals surface area contributed by atoms with E-state index in [9.17, 15) is 4.79 Å². The Hall–Kier alpha value is -2.75. The first kappa shape index (κ1) is 21.5. The predicted molar refractivity (Wildman–Crippen MR) is 122 cm³/mol. The summed E-state index contributed by atoms with van der Waals surface area (Å²) in [6.07, 6.45) is 0. The molecule has 1 aliphatic heterocycles. The Morgan fingerprint density at radius 2 is 1.97 bits per heavy atom. The Kier molecular flexibility index (Phi) is 6.96. The quantitative estimate of drug-likeness (QED) is 0.541. The highest BCUT2D eigenvalue weighted by Crippen LogP contribution is 2.29. The molecular weight excluding hydrogens is 438 g/mol. The van der Waals surface area contributed by atoms with E-state index in [0.29, 0.717) is 34.8 Å². The highest BCUT2D eigenvalue weighted by Gasteiger charge is 2.22. The van der Waals surface area contributed by atoms with Crippen LogP contribution in [0, 0.1) is 0 Å². The molecule has 1 N–H and O–H groups in total. The smallest absolute Gasteiger partial charge is 0.234 e. The van der Waals surface area contributed by atoms with Gasteiger partial charge < -0.3 is 19.7 Å². The van der Waals surface area contributed by atoms with Gasteiger partial charge in [0, 0.05) is 18.8 Å². The van der Waals surface area contributed by atoms with Crippen LogP contribution < -0.4 is 15.0 Å². The van der Waals surface area contributed by atoms with Crippen molar-refractivity contribution in [1.29, 1.82) is 0 Å². The molecule has 8 nitrogen and oxygen atoms in total. The number of benzene rings is 2. The van der Waals surface area contributed by atoms with E-state index in [-0.39, 0.29) is 11.7 Å². The van der Waals surface area contributed by atoms with Crippen LogP contribution in [0.15, 0.2) is 53.7 Å². The third-order valence-electron chi connectivity index (χ3n) is 4.69. The second-order valence-electron chi connectivity index (χ2n) is 6.74. The van der Waals surface area contributed by atoms with Crippen molar-refractivity contribution in [2.24, 2.45) is 0 Å². The number of nitrogens with one attached hydrogen (secondary N) is 1. The summed E-state index contributed by atoms with van der Waals surface area (Å²) in [5, 5.41) is 12.7. The third-order valence-corrected chi connectivity index (χ3v) is 5.92. The zero-order chi connectivity index (χ0) is 21.6. The number of amides is 1. The van der Waals surface area contributed by atoms with E-state index in [4.69, 9.17) is 21.1 Å². The maximum Gasteiger partial charge on any atom is 0.234 e. The first-order valence-corrected chi connectivity index (χ1v) is 11.1. The number of rotatable bonds is 7. The summed E-state index contributed by atoms with van der Waals surface area (Å²) in [5.74, 6) is 1.32. The van der Waals surface area contributed by atoms with Crippen LogP contribution in [0.4, 0.5) is 11.6 Å². The number of ether oxygens (including phenoxy) is 2. The van der Waals surface area contributed by atoms with Gasteiger partial charge in [-0.2, -0.15) is 0 Å². The first-order chi connectivity index (χ1) is 15.2. The normalized spacial score (nSPS) is 13.8. The first-order valence-electron chi connectivity index (χ1n) is 9.75. The van der Waals surface area contributed by atoms with Crippen LogP contribution in [0.25, 0.3) is 5.69 Å². The Morgan fingerprint density at radius 1 is 1.19 bits per heavy atom. The van der Waals surface area contributed by atoms with Gasteiger partial charge in [-0.3, -0.25) is 9.36 Å². The van der Waals surface area contributed by atoms with Crippen molar-refractivity contribution in [3.8, 4) is 11.4 Å². The SMILES string of the molecule is COc1ccc(NC(=O)CSc2nnc(N3CCOCC3)n2-c2ccccc2)cc1Cl. The Morgan fingerprint density at radius 3 is 2.68 bits per heavy atom. The van der Waals surface area contributed by atoms with E-state index < -0.39 is 0 Å². The standard InChI is InChI=1S/C21H22ClN5O3S/c1-29-18-8-7-15(13-17(18)22)23-19(28)14-31-21-25-24-20(26-9-11-30-12-10-26)27(21)16-5-3-2-4-6-16/h2-8,13H,9-12,14H2,1H3,(H,23,28). The second kappa shape index (κ2) is 10.0. The number of hydrogen-bond donors (Lipinski definition) is 1. The summed E-state index contributed by atoms with van der Waals surface area (Å²) in [5.41, 5.74) is 1.55. The average molecular weight is 460 g/mol. The van der Waals surface area contributed by atoms with Crippen molar-refractivity contribution < 1.29 is 14.3 Å². The van der Waals surface area contributed by atoms with Gasteiger partial charge in [0.1, 0.15) is 5.75 Å². The number of anilines is 2. The monoisotopic (exact) mass is 459 g/mol. The summed E-state index contributed by atoms with van der Waals surface area (Å²) >= 11 is 7.46. The fourth-order valence-electron chi connectivity index (χ4n) is 3.20. The number of halogens is 1. The summed E-state index contributed by atoms with van der Waals surface area (Å²) in [6, 6.07) is 15.0. The molecule has 1 amide bonds.